The van der Waals surface area contributed by atoms with Crippen molar-refractivity contribution in [2.24, 2.45) is 0 Å². The molecule has 5 nitrogen and oxygen atoms in total. The summed E-state index contributed by atoms with van der Waals surface area (Å²) >= 11 is 0. The Bertz CT molecular complexity index is 585. The van der Waals surface area contributed by atoms with Crippen LogP contribution in [0.2, 0.25) is 0 Å². The van der Waals surface area contributed by atoms with Crippen molar-refractivity contribution in [3.63, 3.8) is 0 Å². The molecule has 0 unspecified atom stereocenters. The van der Waals surface area contributed by atoms with Crippen molar-refractivity contribution in [3.8, 4) is 0 Å². The van der Waals surface area contributed by atoms with Crippen molar-refractivity contribution >= 4 is 17.7 Å². The lowest BCUT2D eigenvalue weighted by Gasteiger charge is -2.32. The molecule has 0 saturated heterocycles. The SMILES string of the molecule is CN(C(=O)CN1C(=O)c2ccccc2C1=O)C1CCCCC1. The van der Waals surface area contributed by atoms with E-state index >= 15 is 0 Å². The van der Waals surface area contributed by atoms with Crippen molar-refractivity contribution in [1.29, 1.82) is 0 Å². The van der Waals surface area contributed by atoms with Crippen LogP contribution in [0.4, 0.5) is 0 Å². The van der Waals surface area contributed by atoms with E-state index in [-0.39, 0.29) is 30.3 Å². The molecule has 3 amide bonds. The fraction of sp³-hybridized carbons (Fsp3) is 0.471. The Morgan fingerprint density at radius 1 is 1.09 bits per heavy atom. The summed E-state index contributed by atoms with van der Waals surface area (Å²) in [5.41, 5.74) is 0.779. The number of imide groups is 1. The van der Waals surface area contributed by atoms with E-state index in [1.807, 2.05) is 0 Å². The summed E-state index contributed by atoms with van der Waals surface area (Å²) in [4.78, 5) is 39.7. The quantitative estimate of drug-likeness (QED) is 0.803. The van der Waals surface area contributed by atoms with Crippen LogP contribution >= 0.6 is 0 Å². The molecule has 0 atom stereocenters. The molecule has 0 N–H and O–H groups in total. The molecule has 1 fully saturated rings. The van der Waals surface area contributed by atoms with Gasteiger partial charge in [-0.05, 0) is 25.0 Å². The van der Waals surface area contributed by atoms with Gasteiger partial charge >= 0.3 is 0 Å². The van der Waals surface area contributed by atoms with Gasteiger partial charge in [-0.2, -0.15) is 0 Å². The van der Waals surface area contributed by atoms with Crippen LogP contribution in [0.1, 0.15) is 52.8 Å². The van der Waals surface area contributed by atoms with Crippen LogP contribution in [0.5, 0.6) is 0 Å². The maximum atomic E-state index is 12.4. The number of fused-ring (bicyclic) bond motifs is 1. The maximum absolute atomic E-state index is 12.4. The first-order valence-corrected chi connectivity index (χ1v) is 7.80. The molecule has 0 bridgehead atoms. The van der Waals surface area contributed by atoms with E-state index in [9.17, 15) is 14.4 Å². The fourth-order valence-electron chi connectivity index (χ4n) is 3.30. The number of carbonyl (C=O) groups is 3. The van der Waals surface area contributed by atoms with E-state index < -0.39 is 0 Å². The van der Waals surface area contributed by atoms with E-state index in [1.165, 1.54) is 6.42 Å². The van der Waals surface area contributed by atoms with Crippen molar-refractivity contribution < 1.29 is 14.4 Å². The third kappa shape index (κ3) is 2.51. The molecule has 0 aromatic heterocycles. The van der Waals surface area contributed by atoms with Crippen molar-refractivity contribution in [2.75, 3.05) is 13.6 Å². The molecule has 116 valence electrons. The number of likely N-dealkylation sites (N-methyl/N-ethyl adjacent to an activating group) is 1. The van der Waals surface area contributed by atoms with E-state index in [0.717, 1.165) is 30.6 Å². The zero-order chi connectivity index (χ0) is 15.7. The molecule has 1 aromatic carbocycles. The average molecular weight is 300 g/mol. The molecule has 1 heterocycles. The Hall–Kier alpha value is -2.17. The van der Waals surface area contributed by atoms with Gasteiger partial charge < -0.3 is 4.90 Å². The normalized spacial score (nSPS) is 18.5. The number of nitrogens with zero attached hydrogens (tertiary/aromatic N) is 2. The van der Waals surface area contributed by atoms with E-state index in [0.29, 0.717) is 11.1 Å². The molecule has 0 radical (unpaired) electrons. The van der Waals surface area contributed by atoms with E-state index in [2.05, 4.69) is 0 Å². The standard InChI is InChI=1S/C17H20N2O3/c1-18(12-7-3-2-4-8-12)15(20)11-19-16(21)13-9-5-6-10-14(13)17(19)22/h5-6,9-10,12H,2-4,7-8,11H2,1H3. The molecule has 22 heavy (non-hydrogen) atoms. The van der Waals surface area contributed by atoms with Crippen molar-refractivity contribution in [1.82, 2.24) is 9.80 Å². The van der Waals surface area contributed by atoms with Gasteiger partial charge in [-0.3, -0.25) is 19.3 Å². The third-order valence-corrected chi connectivity index (χ3v) is 4.69. The highest BCUT2D eigenvalue weighted by atomic mass is 16.2. The first-order chi connectivity index (χ1) is 10.6. The second kappa shape index (κ2) is 5.91. The summed E-state index contributed by atoms with van der Waals surface area (Å²) in [6.07, 6.45) is 5.50. The number of amides is 3. The molecule has 3 rings (SSSR count). The van der Waals surface area contributed by atoms with Crippen LogP contribution in [-0.4, -0.2) is 47.2 Å². The first-order valence-electron chi connectivity index (χ1n) is 7.80. The first kappa shape index (κ1) is 14.8. The third-order valence-electron chi connectivity index (χ3n) is 4.69. The molecule has 5 heteroatoms. The van der Waals surface area contributed by atoms with Crippen LogP contribution in [0.25, 0.3) is 0 Å². The van der Waals surface area contributed by atoms with Gasteiger partial charge in [0.05, 0.1) is 11.1 Å². The summed E-state index contributed by atoms with van der Waals surface area (Å²) in [5.74, 6) is -0.904. The van der Waals surface area contributed by atoms with Gasteiger partial charge in [0.15, 0.2) is 0 Å². The Morgan fingerprint density at radius 3 is 2.18 bits per heavy atom. The molecular formula is C17H20N2O3. The minimum Gasteiger partial charge on any atom is -0.341 e. The molecule has 1 aromatic rings. The Morgan fingerprint density at radius 2 is 1.64 bits per heavy atom. The predicted molar refractivity (Wildman–Crippen MR) is 81.5 cm³/mol. The van der Waals surface area contributed by atoms with E-state index in [4.69, 9.17) is 0 Å². The zero-order valence-corrected chi connectivity index (χ0v) is 12.7. The van der Waals surface area contributed by atoms with Gasteiger partial charge in [-0.15, -0.1) is 0 Å². The number of hydrogen-bond acceptors (Lipinski definition) is 3. The largest absolute Gasteiger partial charge is 0.341 e. The van der Waals surface area contributed by atoms with Gasteiger partial charge in [0.1, 0.15) is 6.54 Å². The minimum atomic E-state index is -0.369. The Balaban J connectivity index is 1.70. The van der Waals surface area contributed by atoms with Gasteiger partial charge in [0.25, 0.3) is 11.8 Å². The second-order valence-corrected chi connectivity index (χ2v) is 6.04. The summed E-state index contributed by atoms with van der Waals surface area (Å²) < 4.78 is 0. The maximum Gasteiger partial charge on any atom is 0.262 e. The molecule has 1 aliphatic carbocycles. The molecule has 1 saturated carbocycles. The van der Waals surface area contributed by atoms with Crippen LogP contribution < -0.4 is 0 Å². The van der Waals surface area contributed by atoms with Gasteiger partial charge in [0, 0.05) is 13.1 Å². The highest BCUT2D eigenvalue weighted by molar-refractivity contribution is 6.22. The van der Waals surface area contributed by atoms with Crippen LogP contribution in [0.15, 0.2) is 24.3 Å². The second-order valence-electron chi connectivity index (χ2n) is 6.04. The number of benzene rings is 1. The summed E-state index contributed by atoms with van der Waals surface area (Å²) in [7, 11) is 1.77. The fourth-order valence-corrected chi connectivity index (χ4v) is 3.30. The minimum absolute atomic E-state index is 0.165. The smallest absolute Gasteiger partial charge is 0.262 e. The summed E-state index contributed by atoms with van der Waals surface area (Å²) in [6.45, 7) is -0.167. The van der Waals surface area contributed by atoms with E-state index in [1.54, 1.807) is 36.2 Å². The lowest BCUT2D eigenvalue weighted by Crippen LogP contribution is -2.45. The van der Waals surface area contributed by atoms with Crippen LogP contribution in [-0.2, 0) is 4.79 Å². The monoisotopic (exact) mass is 300 g/mol. The molecule has 0 spiro atoms. The van der Waals surface area contributed by atoms with Crippen molar-refractivity contribution in [3.05, 3.63) is 35.4 Å². The molecule has 2 aliphatic rings. The predicted octanol–water partition coefficient (Wildman–Crippen LogP) is 2.07. The van der Waals surface area contributed by atoms with Gasteiger partial charge in [0.2, 0.25) is 5.91 Å². The Labute approximate surface area is 129 Å². The number of rotatable bonds is 3. The lowest BCUT2D eigenvalue weighted by atomic mass is 9.94. The number of carbonyl (C=O) groups excluding carboxylic acids is 3. The number of hydrogen-bond donors (Lipinski definition) is 0. The van der Waals surface area contributed by atoms with Crippen LogP contribution in [0.3, 0.4) is 0 Å². The average Bonchev–Trinajstić information content (AvgIpc) is 2.80. The van der Waals surface area contributed by atoms with Gasteiger partial charge in [-0.1, -0.05) is 31.4 Å². The Kier molecular flexibility index (Phi) is 3.96. The van der Waals surface area contributed by atoms with Crippen molar-refractivity contribution in [2.45, 2.75) is 38.1 Å². The highest BCUT2D eigenvalue weighted by Gasteiger charge is 2.37. The molecular weight excluding hydrogens is 280 g/mol. The van der Waals surface area contributed by atoms with Crippen LogP contribution in [0, 0.1) is 0 Å². The zero-order valence-electron chi connectivity index (χ0n) is 12.7. The summed E-state index contributed by atoms with van der Waals surface area (Å²) in [5, 5.41) is 0. The topological polar surface area (TPSA) is 57.7 Å². The molecule has 1 aliphatic heterocycles. The lowest BCUT2D eigenvalue weighted by molar-refractivity contribution is -0.132. The van der Waals surface area contributed by atoms with Gasteiger partial charge in [-0.25, -0.2) is 0 Å². The summed E-state index contributed by atoms with van der Waals surface area (Å²) in [6, 6.07) is 6.94. The highest BCUT2D eigenvalue weighted by Crippen LogP contribution is 2.24.